The van der Waals surface area contributed by atoms with Crippen LogP contribution >= 0.6 is 11.6 Å². The standard InChI is InChI=1S/C15H20ClNO2/c1-10(2)12(9-17)6-11-7-13(16)15-14(8-11)18-4-3-5-19-15/h6-8,10H,3-5,9,17H2,1-2H3. The minimum absolute atomic E-state index is 0.416. The molecule has 0 atom stereocenters. The number of halogens is 1. The van der Waals surface area contributed by atoms with E-state index < -0.39 is 0 Å². The molecule has 19 heavy (non-hydrogen) atoms. The van der Waals surface area contributed by atoms with E-state index in [1.807, 2.05) is 12.1 Å². The molecule has 0 radical (unpaired) electrons. The van der Waals surface area contributed by atoms with Gasteiger partial charge in [-0.05, 0) is 23.6 Å². The summed E-state index contributed by atoms with van der Waals surface area (Å²) >= 11 is 6.26. The van der Waals surface area contributed by atoms with Gasteiger partial charge in [-0.25, -0.2) is 0 Å². The minimum atomic E-state index is 0.416. The predicted molar refractivity (Wildman–Crippen MR) is 78.9 cm³/mol. The number of rotatable bonds is 3. The summed E-state index contributed by atoms with van der Waals surface area (Å²) in [5.41, 5.74) is 7.95. The molecule has 1 aromatic carbocycles. The Morgan fingerprint density at radius 1 is 1.37 bits per heavy atom. The summed E-state index contributed by atoms with van der Waals surface area (Å²) in [6.07, 6.45) is 2.95. The molecule has 1 aromatic rings. The van der Waals surface area contributed by atoms with E-state index in [0.717, 1.165) is 17.7 Å². The van der Waals surface area contributed by atoms with Gasteiger partial charge in [0.25, 0.3) is 0 Å². The molecular formula is C15H20ClNO2. The molecule has 4 heteroatoms. The molecule has 1 heterocycles. The number of hydrogen-bond donors (Lipinski definition) is 1. The molecule has 3 nitrogen and oxygen atoms in total. The molecule has 0 saturated carbocycles. The third kappa shape index (κ3) is 3.43. The van der Waals surface area contributed by atoms with Crippen LogP contribution in [-0.2, 0) is 0 Å². The van der Waals surface area contributed by atoms with E-state index >= 15 is 0 Å². The van der Waals surface area contributed by atoms with E-state index in [1.54, 1.807) is 0 Å². The molecule has 0 spiro atoms. The van der Waals surface area contributed by atoms with Crippen LogP contribution < -0.4 is 15.2 Å². The Balaban J connectivity index is 2.38. The van der Waals surface area contributed by atoms with Crippen molar-refractivity contribution in [3.8, 4) is 11.5 Å². The third-order valence-corrected chi connectivity index (χ3v) is 3.43. The van der Waals surface area contributed by atoms with E-state index in [-0.39, 0.29) is 0 Å². The van der Waals surface area contributed by atoms with E-state index in [2.05, 4.69) is 19.9 Å². The molecule has 2 rings (SSSR count). The third-order valence-electron chi connectivity index (χ3n) is 3.15. The normalized spacial score (nSPS) is 15.5. The van der Waals surface area contributed by atoms with Gasteiger partial charge in [-0.1, -0.05) is 37.1 Å². The number of fused-ring (bicyclic) bond motifs is 1. The number of ether oxygens (including phenoxy) is 2. The summed E-state index contributed by atoms with van der Waals surface area (Å²) in [5.74, 6) is 1.78. The zero-order chi connectivity index (χ0) is 13.8. The van der Waals surface area contributed by atoms with Crippen molar-refractivity contribution in [2.24, 2.45) is 11.7 Å². The van der Waals surface area contributed by atoms with Crippen molar-refractivity contribution < 1.29 is 9.47 Å². The molecule has 0 aromatic heterocycles. The Kier molecular flexibility index (Phi) is 4.72. The van der Waals surface area contributed by atoms with Crippen LogP contribution in [0.2, 0.25) is 5.02 Å². The van der Waals surface area contributed by atoms with Gasteiger partial charge in [0.15, 0.2) is 11.5 Å². The van der Waals surface area contributed by atoms with Gasteiger partial charge < -0.3 is 15.2 Å². The lowest BCUT2D eigenvalue weighted by Gasteiger charge is -2.12. The van der Waals surface area contributed by atoms with Crippen LogP contribution in [0.25, 0.3) is 6.08 Å². The van der Waals surface area contributed by atoms with E-state index in [4.69, 9.17) is 26.8 Å². The van der Waals surface area contributed by atoms with Crippen molar-refractivity contribution >= 4 is 17.7 Å². The summed E-state index contributed by atoms with van der Waals surface area (Å²) in [6.45, 7) is 6.10. The highest BCUT2D eigenvalue weighted by Crippen LogP contribution is 2.38. The number of benzene rings is 1. The second kappa shape index (κ2) is 6.31. The van der Waals surface area contributed by atoms with E-state index in [1.165, 1.54) is 5.57 Å². The van der Waals surface area contributed by atoms with E-state index in [0.29, 0.717) is 36.4 Å². The average Bonchev–Trinajstić information content (AvgIpc) is 2.61. The van der Waals surface area contributed by atoms with Gasteiger partial charge in [0.1, 0.15) is 0 Å². The average molecular weight is 282 g/mol. The molecule has 1 aliphatic rings. The van der Waals surface area contributed by atoms with Crippen LogP contribution in [0.1, 0.15) is 25.8 Å². The highest BCUT2D eigenvalue weighted by molar-refractivity contribution is 6.32. The van der Waals surface area contributed by atoms with Gasteiger partial charge in [0.05, 0.1) is 18.2 Å². The Bertz CT molecular complexity index is 483. The number of hydrogen-bond acceptors (Lipinski definition) is 3. The van der Waals surface area contributed by atoms with Gasteiger partial charge in [-0.3, -0.25) is 0 Å². The van der Waals surface area contributed by atoms with Crippen LogP contribution in [-0.4, -0.2) is 19.8 Å². The lowest BCUT2D eigenvalue weighted by molar-refractivity contribution is 0.297. The molecule has 0 fully saturated rings. The molecule has 0 saturated heterocycles. The van der Waals surface area contributed by atoms with Gasteiger partial charge in [0, 0.05) is 13.0 Å². The summed E-state index contributed by atoms with van der Waals surface area (Å²) in [5, 5.41) is 0.589. The fourth-order valence-corrected chi connectivity index (χ4v) is 2.28. The highest BCUT2D eigenvalue weighted by Gasteiger charge is 2.15. The van der Waals surface area contributed by atoms with Crippen molar-refractivity contribution in [1.29, 1.82) is 0 Å². The lowest BCUT2D eigenvalue weighted by atomic mass is 10.0. The minimum Gasteiger partial charge on any atom is -0.489 e. The fraction of sp³-hybridized carbons (Fsp3) is 0.467. The molecule has 2 N–H and O–H groups in total. The molecule has 104 valence electrons. The summed E-state index contributed by atoms with van der Waals surface area (Å²) < 4.78 is 11.3. The van der Waals surface area contributed by atoms with Crippen molar-refractivity contribution in [3.63, 3.8) is 0 Å². The number of nitrogens with two attached hydrogens (primary N) is 1. The first-order chi connectivity index (χ1) is 9.11. The van der Waals surface area contributed by atoms with Crippen molar-refractivity contribution in [2.75, 3.05) is 19.8 Å². The molecular weight excluding hydrogens is 262 g/mol. The van der Waals surface area contributed by atoms with Gasteiger partial charge in [0.2, 0.25) is 0 Å². The second-order valence-corrected chi connectivity index (χ2v) is 5.37. The SMILES string of the molecule is CC(C)C(=Cc1cc(Cl)c2c(c1)OCCCO2)CN. The summed E-state index contributed by atoms with van der Waals surface area (Å²) in [4.78, 5) is 0. The van der Waals surface area contributed by atoms with Crippen LogP contribution in [0.4, 0.5) is 0 Å². The second-order valence-electron chi connectivity index (χ2n) is 4.96. The maximum atomic E-state index is 6.26. The van der Waals surface area contributed by atoms with Crippen LogP contribution in [0, 0.1) is 5.92 Å². The maximum absolute atomic E-state index is 6.26. The zero-order valence-electron chi connectivity index (χ0n) is 11.4. The predicted octanol–water partition coefficient (Wildman–Crippen LogP) is 3.50. The van der Waals surface area contributed by atoms with Crippen LogP contribution in [0.5, 0.6) is 11.5 Å². The van der Waals surface area contributed by atoms with Crippen molar-refractivity contribution in [1.82, 2.24) is 0 Å². The molecule has 0 amide bonds. The highest BCUT2D eigenvalue weighted by atomic mass is 35.5. The van der Waals surface area contributed by atoms with Gasteiger partial charge >= 0.3 is 0 Å². The van der Waals surface area contributed by atoms with E-state index in [9.17, 15) is 0 Å². The van der Waals surface area contributed by atoms with Crippen molar-refractivity contribution in [3.05, 3.63) is 28.3 Å². The van der Waals surface area contributed by atoms with Crippen molar-refractivity contribution in [2.45, 2.75) is 20.3 Å². The van der Waals surface area contributed by atoms with Crippen LogP contribution in [0.3, 0.4) is 0 Å². The largest absolute Gasteiger partial charge is 0.489 e. The Morgan fingerprint density at radius 3 is 2.79 bits per heavy atom. The monoisotopic (exact) mass is 281 g/mol. The first-order valence-corrected chi connectivity index (χ1v) is 6.99. The maximum Gasteiger partial charge on any atom is 0.179 e. The zero-order valence-corrected chi connectivity index (χ0v) is 12.2. The van der Waals surface area contributed by atoms with Crippen LogP contribution in [0.15, 0.2) is 17.7 Å². The first kappa shape index (κ1) is 14.2. The summed E-state index contributed by atoms with van der Waals surface area (Å²) in [7, 11) is 0. The Hall–Kier alpha value is -1.19. The Labute approximate surface area is 119 Å². The first-order valence-electron chi connectivity index (χ1n) is 6.61. The smallest absolute Gasteiger partial charge is 0.179 e. The summed E-state index contributed by atoms with van der Waals surface area (Å²) in [6, 6.07) is 3.86. The molecule has 0 bridgehead atoms. The van der Waals surface area contributed by atoms with Gasteiger partial charge in [-0.15, -0.1) is 0 Å². The lowest BCUT2D eigenvalue weighted by Crippen LogP contribution is -2.08. The molecule has 1 aliphatic heterocycles. The fourth-order valence-electron chi connectivity index (χ4n) is 2.01. The van der Waals surface area contributed by atoms with Gasteiger partial charge in [-0.2, -0.15) is 0 Å². The molecule has 0 aliphatic carbocycles. The Morgan fingerprint density at radius 2 is 2.11 bits per heavy atom. The molecule has 0 unspecified atom stereocenters. The quantitative estimate of drug-likeness (QED) is 0.922. The topological polar surface area (TPSA) is 44.5 Å².